The van der Waals surface area contributed by atoms with Crippen molar-refractivity contribution in [1.82, 2.24) is 4.90 Å². The van der Waals surface area contributed by atoms with Gasteiger partial charge in [-0.05, 0) is 48.5 Å². The number of nitrogens with one attached hydrogen (secondary N) is 1. The molecule has 3 aromatic carbocycles. The summed E-state index contributed by atoms with van der Waals surface area (Å²) in [5.41, 5.74) is 0.214. The SMILES string of the molecule is CN(Cc1cc(Br)ccc1F)C(=O)c1cccc(S(=O)(=O)Nc2ccccc2F)c1. The summed E-state index contributed by atoms with van der Waals surface area (Å²) in [5.74, 6) is -1.66. The highest BCUT2D eigenvalue weighted by molar-refractivity contribution is 9.10. The summed E-state index contributed by atoms with van der Waals surface area (Å²) in [5, 5.41) is 0. The smallest absolute Gasteiger partial charge is 0.262 e. The quantitative estimate of drug-likeness (QED) is 0.535. The average molecular weight is 495 g/mol. The van der Waals surface area contributed by atoms with Gasteiger partial charge in [-0.3, -0.25) is 9.52 Å². The molecule has 3 aromatic rings. The lowest BCUT2D eigenvalue weighted by Gasteiger charge is -2.18. The number of nitrogens with zero attached hydrogens (tertiary/aromatic N) is 1. The molecule has 0 bridgehead atoms. The first-order valence-electron chi connectivity index (χ1n) is 8.74. The van der Waals surface area contributed by atoms with Crippen LogP contribution in [-0.4, -0.2) is 26.3 Å². The zero-order chi connectivity index (χ0) is 21.9. The molecule has 0 heterocycles. The molecule has 0 fully saturated rings. The summed E-state index contributed by atoms with van der Waals surface area (Å²) < 4.78 is 55.8. The Morgan fingerprint density at radius 1 is 1.00 bits per heavy atom. The Labute approximate surface area is 181 Å². The first-order valence-corrected chi connectivity index (χ1v) is 11.0. The number of halogens is 3. The van der Waals surface area contributed by atoms with Crippen LogP contribution >= 0.6 is 15.9 Å². The van der Waals surface area contributed by atoms with Crippen molar-refractivity contribution in [2.24, 2.45) is 0 Å². The fraction of sp³-hybridized carbons (Fsp3) is 0.0952. The summed E-state index contributed by atoms with van der Waals surface area (Å²) in [6.45, 7) is -0.00540. The van der Waals surface area contributed by atoms with Crippen molar-refractivity contribution in [3.8, 4) is 0 Å². The van der Waals surface area contributed by atoms with Gasteiger partial charge in [-0.1, -0.05) is 34.1 Å². The monoisotopic (exact) mass is 494 g/mol. The van der Waals surface area contributed by atoms with Crippen LogP contribution in [0, 0.1) is 11.6 Å². The van der Waals surface area contributed by atoms with E-state index in [-0.39, 0.29) is 22.7 Å². The maximum absolute atomic E-state index is 14.0. The second kappa shape index (κ2) is 8.93. The molecule has 0 unspecified atom stereocenters. The van der Waals surface area contributed by atoms with Gasteiger partial charge in [0.05, 0.1) is 10.6 Å². The Kier molecular flexibility index (Phi) is 6.52. The number of anilines is 1. The minimum atomic E-state index is -4.12. The van der Waals surface area contributed by atoms with E-state index < -0.39 is 27.6 Å². The molecule has 30 heavy (non-hydrogen) atoms. The van der Waals surface area contributed by atoms with Gasteiger partial charge in [-0.2, -0.15) is 0 Å². The molecule has 156 valence electrons. The maximum Gasteiger partial charge on any atom is 0.262 e. The standard InChI is InChI=1S/C21H17BrF2N2O3S/c1-26(13-15-11-16(22)9-10-18(15)23)21(27)14-5-4-6-17(12-14)30(28,29)25-20-8-3-2-7-19(20)24/h2-12,25H,13H2,1H3. The second-order valence-electron chi connectivity index (χ2n) is 6.51. The number of amides is 1. The van der Waals surface area contributed by atoms with E-state index >= 15 is 0 Å². The molecule has 0 saturated heterocycles. The number of carbonyl (C=O) groups is 1. The minimum absolute atomic E-state index is 0.00540. The molecule has 0 radical (unpaired) electrons. The maximum atomic E-state index is 14.0. The zero-order valence-electron chi connectivity index (χ0n) is 15.8. The molecule has 0 atom stereocenters. The Morgan fingerprint density at radius 3 is 2.47 bits per heavy atom. The van der Waals surface area contributed by atoms with Crippen molar-refractivity contribution in [2.45, 2.75) is 11.4 Å². The first-order chi connectivity index (χ1) is 14.2. The van der Waals surface area contributed by atoms with Gasteiger partial charge in [0, 0.05) is 29.2 Å². The summed E-state index contributed by atoms with van der Waals surface area (Å²) in [4.78, 5) is 13.8. The van der Waals surface area contributed by atoms with Crippen molar-refractivity contribution < 1.29 is 22.0 Å². The molecule has 5 nitrogen and oxygen atoms in total. The number of sulfonamides is 1. The van der Waals surface area contributed by atoms with Gasteiger partial charge in [-0.25, -0.2) is 17.2 Å². The average Bonchev–Trinajstić information content (AvgIpc) is 2.72. The van der Waals surface area contributed by atoms with Crippen LogP contribution in [0.1, 0.15) is 15.9 Å². The fourth-order valence-corrected chi connectivity index (χ4v) is 4.28. The molecule has 1 N–H and O–H groups in total. The van der Waals surface area contributed by atoms with Gasteiger partial charge >= 0.3 is 0 Å². The van der Waals surface area contributed by atoms with Gasteiger partial charge < -0.3 is 4.90 Å². The topological polar surface area (TPSA) is 66.5 Å². The summed E-state index contributed by atoms with van der Waals surface area (Å²) >= 11 is 3.26. The molecule has 9 heteroatoms. The van der Waals surface area contributed by atoms with E-state index in [1.807, 2.05) is 0 Å². The first kappa shape index (κ1) is 21.9. The van der Waals surface area contributed by atoms with Crippen LogP contribution in [0.25, 0.3) is 0 Å². The molecular weight excluding hydrogens is 478 g/mol. The Hall–Kier alpha value is -2.78. The van der Waals surface area contributed by atoms with E-state index in [2.05, 4.69) is 20.7 Å². The van der Waals surface area contributed by atoms with E-state index in [0.717, 1.165) is 6.07 Å². The normalized spacial score (nSPS) is 11.2. The molecular formula is C21H17BrF2N2O3S. The number of benzene rings is 3. The minimum Gasteiger partial charge on any atom is -0.337 e. The predicted molar refractivity (Wildman–Crippen MR) is 114 cm³/mol. The molecule has 0 saturated carbocycles. The molecule has 0 spiro atoms. The van der Waals surface area contributed by atoms with E-state index in [4.69, 9.17) is 0 Å². The van der Waals surface area contributed by atoms with Gasteiger partial charge in [0.2, 0.25) is 0 Å². The van der Waals surface area contributed by atoms with Crippen LogP contribution < -0.4 is 4.72 Å². The Bertz CT molecular complexity index is 1200. The number of rotatable bonds is 6. The molecule has 1 amide bonds. The lowest BCUT2D eigenvalue weighted by Crippen LogP contribution is -2.27. The van der Waals surface area contributed by atoms with Crippen molar-refractivity contribution in [3.63, 3.8) is 0 Å². The second-order valence-corrected chi connectivity index (χ2v) is 9.11. The third kappa shape index (κ3) is 5.03. The van der Waals surface area contributed by atoms with Crippen LogP contribution in [0.5, 0.6) is 0 Å². The van der Waals surface area contributed by atoms with Gasteiger partial charge in [-0.15, -0.1) is 0 Å². The highest BCUT2D eigenvalue weighted by Gasteiger charge is 2.20. The summed E-state index contributed by atoms with van der Waals surface area (Å²) in [6, 6.07) is 15.1. The third-order valence-electron chi connectivity index (χ3n) is 4.27. The highest BCUT2D eigenvalue weighted by Crippen LogP contribution is 2.21. The third-order valence-corrected chi connectivity index (χ3v) is 6.13. The van der Waals surface area contributed by atoms with Gasteiger partial charge in [0.25, 0.3) is 15.9 Å². The zero-order valence-corrected chi connectivity index (χ0v) is 18.2. The summed E-state index contributed by atoms with van der Waals surface area (Å²) in [7, 11) is -2.63. The Balaban J connectivity index is 1.82. The van der Waals surface area contributed by atoms with Crippen molar-refractivity contribution in [2.75, 3.05) is 11.8 Å². The number of hydrogen-bond donors (Lipinski definition) is 1. The largest absolute Gasteiger partial charge is 0.337 e. The predicted octanol–water partition coefficient (Wildman–Crippen LogP) is 4.80. The van der Waals surface area contributed by atoms with Crippen LogP contribution in [0.2, 0.25) is 0 Å². The van der Waals surface area contributed by atoms with Crippen LogP contribution in [0.4, 0.5) is 14.5 Å². The highest BCUT2D eigenvalue weighted by atomic mass is 79.9. The van der Waals surface area contributed by atoms with E-state index in [1.165, 1.54) is 60.5 Å². The van der Waals surface area contributed by atoms with Gasteiger partial charge in [0.15, 0.2) is 0 Å². The number of hydrogen-bond acceptors (Lipinski definition) is 3. The lowest BCUT2D eigenvalue weighted by molar-refractivity contribution is 0.0783. The van der Waals surface area contributed by atoms with E-state index in [9.17, 15) is 22.0 Å². The molecule has 0 aliphatic heterocycles. The van der Waals surface area contributed by atoms with Crippen LogP contribution in [-0.2, 0) is 16.6 Å². The van der Waals surface area contributed by atoms with Crippen LogP contribution in [0.15, 0.2) is 76.1 Å². The molecule has 0 aromatic heterocycles. The fourth-order valence-electron chi connectivity index (χ4n) is 2.76. The molecule has 3 rings (SSSR count). The summed E-state index contributed by atoms with van der Waals surface area (Å²) in [6.07, 6.45) is 0. The van der Waals surface area contributed by atoms with Crippen LogP contribution in [0.3, 0.4) is 0 Å². The molecule has 0 aliphatic rings. The van der Waals surface area contributed by atoms with Gasteiger partial charge in [0.1, 0.15) is 11.6 Å². The van der Waals surface area contributed by atoms with Crippen molar-refractivity contribution >= 4 is 37.5 Å². The number of para-hydroxylation sites is 1. The Morgan fingerprint density at radius 2 is 1.73 bits per heavy atom. The van der Waals surface area contributed by atoms with Crippen molar-refractivity contribution in [1.29, 1.82) is 0 Å². The lowest BCUT2D eigenvalue weighted by atomic mass is 10.1. The van der Waals surface area contributed by atoms with E-state index in [1.54, 1.807) is 12.1 Å². The number of carbonyl (C=O) groups excluding carboxylic acids is 1. The van der Waals surface area contributed by atoms with Crippen molar-refractivity contribution in [3.05, 3.63) is 94.0 Å². The molecule has 0 aliphatic carbocycles. The van der Waals surface area contributed by atoms with E-state index in [0.29, 0.717) is 10.0 Å².